The Bertz CT molecular complexity index is 50.7. The Hall–Kier alpha value is 0.250. The lowest BCUT2D eigenvalue weighted by molar-refractivity contribution is 1.88. The van der Waals surface area contributed by atoms with Gasteiger partial charge in [-0.2, -0.15) is 0 Å². The van der Waals surface area contributed by atoms with Gasteiger partial charge in [-0.3, -0.25) is 0 Å². The van der Waals surface area contributed by atoms with Gasteiger partial charge in [0, 0.05) is 4.43 Å². The lowest BCUT2D eigenvalue weighted by Crippen LogP contribution is -1.45. The fraction of sp³-hybridized carbons (Fsp3) is 0.250. The van der Waals surface area contributed by atoms with E-state index in [1.165, 1.54) is 0 Å². The molecule has 0 heterocycles. The van der Waals surface area contributed by atoms with Crippen LogP contribution in [0.15, 0.2) is 18.4 Å². The lowest BCUT2D eigenvalue weighted by Gasteiger charge is -1.57. The van der Waals surface area contributed by atoms with E-state index in [1.54, 1.807) is 0 Å². The first-order valence-corrected chi connectivity index (χ1v) is 2.84. The summed E-state index contributed by atoms with van der Waals surface area (Å²) in [6, 6.07) is 0. The van der Waals surface area contributed by atoms with Gasteiger partial charge < -0.3 is 0 Å². The normalized spacial score (nSPS) is 5.80. The summed E-state index contributed by atoms with van der Waals surface area (Å²) in [7, 11) is 0. The molecule has 0 aliphatic carbocycles. The van der Waals surface area contributed by atoms with Crippen molar-refractivity contribution in [1.82, 2.24) is 0 Å². The van der Waals surface area contributed by atoms with Crippen molar-refractivity contribution >= 4 is 22.6 Å². The van der Waals surface area contributed by atoms with Gasteiger partial charge in [-0.25, -0.2) is 0 Å². The van der Waals surface area contributed by atoms with E-state index < -0.39 is 0 Å². The second-order valence-electron chi connectivity index (χ2n) is 0.563. The van der Waals surface area contributed by atoms with E-state index >= 15 is 0 Å². The van der Waals surface area contributed by atoms with Crippen LogP contribution in [0.5, 0.6) is 0 Å². The SMILES string of the molecule is C=C=CCI. The quantitative estimate of drug-likeness (QED) is 0.327. The van der Waals surface area contributed by atoms with Gasteiger partial charge in [-0.1, -0.05) is 29.2 Å². The van der Waals surface area contributed by atoms with Crippen molar-refractivity contribution in [3.05, 3.63) is 18.4 Å². The first-order valence-electron chi connectivity index (χ1n) is 1.32. The molecule has 0 saturated heterocycles. The Labute approximate surface area is 45.7 Å². The maximum absolute atomic E-state index is 3.37. The molecule has 0 aromatic rings. The Kier molecular flexibility index (Phi) is 4.46. The predicted molar refractivity (Wildman–Crippen MR) is 32.6 cm³/mol. The molecular formula is C4H5I. The highest BCUT2D eigenvalue weighted by atomic mass is 127. The second kappa shape index (κ2) is 4.25. The zero-order valence-electron chi connectivity index (χ0n) is 2.87. The minimum Gasteiger partial charge on any atom is -0.132 e. The number of hydrogen-bond acceptors (Lipinski definition) is 0. The predicted octanol–water partition coefficient (Wildman–Crippen LogP) is 1.76. The Morgan fingerprint density at radius 3 is 2.60 bits per heavy atom. The van der Waals surface area contributed by atoms with Crippen molar-refractivity contribution in [3.8, 4) is 0 Å². The molecular weight excluding hydrogens is 175 g/mol. The van der Waals surface area contributed by atoms with Crippen molar-refractivity contribution in [2.24, 2.45) is 0 Å². The van der Waals surface area contributed by atoms with Gasteiger partial charge in [-0.05, 0) is 6.08 Å². The molecule has 0 aliphatic heterocycles. The molecule has 0 radical (unpaired) electrons. The van der Waals surface area contributed by atoms with Crippen LogP contribution in [0.3, 0.4) is 0 Å². The standard InChI is InChI=1S/C4H5I/c1-2-3-4-5/h3H,1,4H2. The third kappa shape index (κ3) is 4.25. The lowest BCUT2D eigenvalue weighted by atomic mass is 10.7. The molecule has 1 heteroatoms. The first-order chi connectivity index (χ1) is 2.41. The summed E-state index contributed by atoms with van der Waals surface area (Å²) >= 11 is 2.23. The van der Waals surface area contributed by atoms with Gasteiger partial charge in [-0.15, -0.1) is 5.73 Å². The summed E-state index contributed by atoms with van der Waals surface area (Å²) in [6.45, 7) is 3.37. The van der Waals surface area contributed by atoms with Gasteiger partial charge in [0.1, 0.15) is 0 Å². The van der Waals surface area contributed by atoms with E-state index in [1.807, 2.05) is 6.08 Å². The molecule has 0 amide bonds. The minimum atomic E-state index is 1.02. The average molecular weight is 180 g/mol. The minimum absolute atomic E-state index is 1.02. The molecule has 5 heavy (non-hydrogen) atoms. The van der Waals surface area contributed by atoms with Gasteiger partial charge in [0.05, 0.1) is 0 Å². The fourth-order valence-corrected chi connectivity index (χ4v) is 0.366. The van der Waals surface area contributed by atoms with E-state index in [0.717, 1.165) is 4.43 Å². The molecule has 0 fully saturated rings. The molecule has 0 bridgehead atoms. The van der Waals surface area contributed by atoms with E-state index in [4.69, 9.17) is 0 Å². The van der Waals surface area contributed by atoms with Crippen LogP contribution in [0.1, 0.15) is 0 Å². The molecule has 0 aromatic carbocycles. The third-order valence-corrected chi connectivity index (χ3v) is 0.662. The Balaban J connectivity index is 2.93. The number of hydrogen-bond donors (Lipinski definition) is 0. The monoisotopic (exact) mass is 180 g/mol. The molecule has 0 atom stereocenters. The smallest absolute Gasteiger partial charge is 0.0251 e. The third-order valence-electron chi connectivity index (χ3n) is 0.221. The van der Waals surface area contributed by atoms with Gasteiger partial charge in [0.15, 0.2) is 0 Å². The summed E-state index contributed by atoms with van der Waals surface area (Å²) in [5, 5.41) is 0. The van der Waals surface area contributed by atoms with E-state index in [2.05, 4.69) is 34.9 Å². The topological polar surface area (TPSA) is 0 Å². The van der Waals surface area contributed by atoms with Crippen LogP contribution in [0.25, 0.3) is 0 Å². The van der Waals surface area contributed by atoms with Gasteiger partial charge in [0.2, 0.25) is 0 Å². The zero-order chi connectivity index (χ0) is 4.12. The number of halogens is 1. The Morgan fingerprint density at radius 1 is 2.00 bits per heavy atom. The average Bonchev–Trinajstić information content (AvgIpc) is 1.41. The molecule has 28 valence electrons. The van der Waals surface area contributed by atoms with Crippen molar-refractivity contribution in [3.63, 3.8) is 0 Å². The number of rotatable bonds is 1. The van der Waals surface area contributed by atoms with E-state index in [-0.39, 0.29) is 0 Å². The van der Waals surface area contributed by atoms with Crippen molar-refractivity contribution in [1.29, 1.82) is 0 Å². The summed E-state index contributed by atoms with van der Waals surface area (Å²) in [4.78, 5) is 0. The van der Waals surface area contributed by atoms with Crippen molar-refractivity contribution in [2.45, 2.75) is 0 Å². The molecule has 0 nitrogen and oxygen atoms in total. The number of allylic oxidation sites excluding steroid dienone is 1. The highest BCUT2D eigenvalue weighted by Gasteiger charge is 1.51. The fourth-order valence-electron chi connectivity index (χ4n) is 0.0546. The van der Waals surface area contributed by atoms with Crippen LogP contribution in [-0.2, 0) is 0 Å². The van der Waals surface area contributed by atoms with Crippen LogP contribution in [0.4, 0.5) is 0 Å². The molecule has 0 N–H and O–H groups in total. The molecule has 0 rings (SSSR count). The molecule has 0 saturated carbocycles. The molecule has 0 spiro atoms. The van der Waals surface area contributed by atoms with Crippen LogP contribution in [-0.4, -0.2) is 4.43 Å². The van der Waals surface area contributed by atoms with Crippen molar-refractivity contribution in [2.75, 3.05) is 4.43 Å². The van der Waals surface area contributed by atoms with Crippen molar-refractivity contribution < 1.29 is 0 Å². The summed E-state index contributed by atoms with van der Waals surface area (Å²) in [6.07, 6.45) is 1.88. The molecule has 0 unspecified atom stereocenters. The summed E-state index contributed by atoms with van der Waals surface area (Å²) < 4.78 is 1.02. The second-order valence-corrected chi connectivity index (χ2v) is 1.44. The Morgan fingerprint density at radius 2 is 2.60 bits per heavy atom. The highest BCUT2D eigenvalue weighted by Crippen LogP contribution is 1.76. The zero-order valence-corrected chi connectivity index (χ0v) is 5.03. The highest BCUT2D eigenvalue weighted by molar-refractivity contribution is 14.1. The van der Waals surface area contributed by atoms with E-state index in [0.29, 0.717) is 0 Å². The molecule has 0 aromatic heterocycles. The first kappa shape index (κ1) is 5.25. The molecule has 0 aliphatic rings. The van der Waals surface area contributed by atoms with Crippen LogP contribution >= 0.6 is 22.6 Å². The number of alkyl halides is 1. The van der Waals surface area contributed by atoms with Crippen LogP contribution in [0.2, 0.25) is 0 Å². The maximum Gasteiger partial charge on any atom is 0.0251 e. The summed E-state index contributed by atoms with van der Waals surface area (Å²) in [5.41, 5.74) is 2.63. The largest absolute Gasteiger partial charge is 0.132 e. The maximum atomic E-state index is 3.37. The van der Waals surface area contributed by atoms with Gasteiger partial charge in [0.25, 0.3) is 0 Å². The van der Waals surface area contributed by atoms with Gasteiger partial charge >= 0.3 is 0 Å². The summed E-state index contributed by atoms with van der Waals surface area (Å²) in [5.74, 6) is 0. The van der Waals surface area contributed by atoms with Crippen LogP contribution in [0, 0.1) is 0 Å². The van der Waals surface area contributed by atoms with E-state index in [9.17, 15) is 0 Å². The van der Waals surface area contributed by atoms with Crippen LogP contribution < -0.4 is 0 Å².